The summed E-state index contributed by atoms with van der Waals surface area (Å²) in [6.07, 6.45) is 21.9. The number of hydrogen-bond donors (Lipinski definition) is 1. The number of nitrogens with one attached hydrogen (secondary N) is 1. The number of para-hydroxylation sites is 1. The Labute approximate surface area is 180 Å². The van der Waals surface area contributed by atoms with Crippen LogP contribution in [0, 0.1) is 0 Å². The molecule has 0 fully saturated rings. The van der Waals surface area contributed by atoms with Crippen LogP contribution in [0.15, 0.2) is 30.3 Å². The number of nitrogens with zero attached hydrogens (tertiary/aromatic N) is 1. The fraction of sp³-hybridized carbons (Fsp3) is 0.731. The van der Waals surface area contributed by atoms with Crippen LogP contribution in [0.1, 0.15) is 110 Å². The maximum absolute atomic E-state index is 12.1. The number of urea groups is 1. The van der Waals surface area contributed by atoms with Crippen molar-refractivity contribution in [2.45, 2.75) is 110 Å². The lowest BCUT2D eigenvalue weighted by Gasteiger charge is -2.22. The molecule has 0 aliphatic rings. The van der Waals surface area contributed by atoms with Gasteiger partial charge in [-0.2, -0.15) is 0 Å². The quantitative estimate of drug-likeness (QED) is 0.247. The van der Waals surface area contributed by atoms with Crippen molar-refractivity contribution in [3.63, 3.8) is 0 Å². The Morgan fingerprint density at radius 2 is 1.10 bits per heavy atom. The molecular formula is C26H46N2O. The van der Waals surface area contributed by atoms with Crippen molar-refractivity contribution in [3.8, 4) is 0 Å². The molecule has 0 radical (unpaired) electrons. The summed E-state index contributed by atoms with van der Waals surface area (Å²) in [5, 5.41) is 2.76. The van der Waals surface area contributed by atoms with E-state index in [1.165, 1.54) is 96.3 Å². The molecule has 0 aliphatic carbocycles. The number of amides is 2. The van der Waals surface area contributed by atoms with Crippen molar-refractivity contribution in [1.82, 2.24) is 5.32 Å². The highest BCUT2D eigenvalue weighted by molar-refractivity contribution is 5.91. The highest BCUT2D eigenvalue weighted by Crippen LogP contribution is 2.16. The molecule has 3 heteroatoms. The lowest BCUT2D eigenvalue weighted by molar-refractivity contribution is 0.248. The van der Waals surface area contributed by atoms with E-state index in [9.17, 15) is 4.79 Å². The molecule has 0 atom stereocenters. The molecule has 0 aliphatic heterocycles. The predicted molar refractivity (Wildman–Crippen MR) is 128 cm³/mol. The maximum atomic E-state index is 12.1. The second kappa shape index (κ2) is 18.5. The van der Waals surface area contributed by atoms with E-state index in [0.717, 1.165) is 18.7 Å². The van der Waals surface area contributed by atoms with Gasteiger partial charge in [-0.3, -0.25) is 4.90 Å². The molecule has 166 valence electrons. The van der Waals surface area contributed by atoms with Gasteiger partial charge < -0.3 is 5.32 Å². The summed E-state index contributed by atoms with van der Waals surface area (Å²) in [6, 6.07) is 9.94. The highest BCUT2D eigenvalue weighted by Gasteiger charge is 2.12. The van der Waals surface area contributed by atoms with Gasteiger partial charge in [0, 0.05) is 19.3 Å². The van der Waals surface area contributed by atoms with Crippen LogP contribution in [-0.4, -0.2) is 19.6 Å². The van der Waals surface area contributed by atoms with Gasteiger partial charge in [0.2, 0.25) is 0 Å². The molecule has 0 spiro atoms. The van der Waals surface area contributed by atoms with E-state index in [1.807, 2.05) is 35.2 Å². The van der Waals surface area contributed by atoms with Gasteiger partial charge in [-0.25, -0.2) is 4.79 Å². The second-order valence-electron chi connectivity index (χ2n) is 8.35. The summed E-state index contributed by atoms with van der Waals surface area (Å²) < 4.78 is 0. The highest BCUT2D eigenvalue weighted by atomic mass is 16.2. The van der Waals surface area contributed by atoms with Crippen LogP contribution >= 0.6 is 0 Å². The largest absolute Gasteiger partial charge is 0.341 e. The monoisotopic (exact) mass is 402 g/mol. The summed E-state index contributed by atoms with van der Waals surface area (Å²) >= 11 is 0. The lowest BCUT2D eigenvalue weighted by Crippen LogP contribution is -2.38. The molecule has 1 rings (SSSR count). The van der Waals surface area contributed by atoms with Crippen molar-refractivity contribution in [3.05, 3.63) is 30.3 Å². The molecule has 1 aromatic rings. The minimum atomic E-state index is -0.0165. The minimum Gasteiger partial charge on any atom is -0.341 e. The van der Waals surface area contributed by atoms with Crippen molar-refractivity contribution in [2.75, 3.05) is 18.5 Å². The standard InChI is InChI=1S/C26H46N2O/c1-3-4-5-6-7-8-9-10-11-12-13-14-15-16-17-21-24-28(26(29)27-2)25-22-19-18-20-23-25/h18-20,22-23H,3-17,21,24H2,1-2H3,(H,27,29). The van der Waals surface area contributed by atoms with Crippen molar-refractivity contribution in [1.29, 1.82) is 0 Å². The van der Waals surface area contributed by atoms with E-state index in [0.29, 0.717) is 0 Å². The van der Waals surface area contributed by atoms with E-state index in [-0.39, 0.29) is 6.03 Å². The topological polar surface area (TPSA) is 32.3 Å². The Balaban J connectivity index is 1.93. The SMILES string of the molecule is CCCCCCCCCCCCCCCCCCN(C(=O)NC)c1ccccc1. The van der Waals surface area contributed by atoms with Crippen molar-refractivity contribution in [2.24, 2.45) is 0 Å². The van der Waals surface area contributed by atoms with Gasteiger partial charge in [0.1, 0.15) is 0 Å². The molecule has 2 amide bonds. The normalized spacial score (nSPS) is 10.8. The van der Waals surface area contributed by atoms with Crippen molar-refractivity contribution >= 4 is 11.7 Å². The van der Waals surface area contributed by atoms with Crippen LogP contribution in [0.3, 0.4) is 0 Å². The summed E-state index contributed by atoms with van der Waals surface area (Å²) in [5.41, 5.74) is 0.979. The number of carbonyl (C=O) groups is 1. The van der Waals surface area contributed by atoms with Gasteiger partial charge in [0.25, 0.3) is 0 Å². The van der Waals surface area contributed by atoms with Crippen LogP contribution in [0.2, 0.25) is 0 Å². The Kier molecular flexibility index (Phi) is 16.3. The van der Waals surface area contributed by atoms with E-state index >= 15 is 0 Å². The summed E-state index contributed by atoms with van der Waals surface area (Å²) in [5.74, 6) is 0. The average molecular weight is 403 g/mol. The number of rotatable bonds is 18. The summed E-state index contributed by atoms with van der Waals surface area (Å²) in [7, 11) is 1.70. The number of unbranched alkanes of at least 4 members (excludes halogenated alkanes) is 15. The predicted octanol–water partition coefficient (Wildman–Crippen LogP) is 8.09. The van der Waals surface area contributed by atoms with Gasteiger partial charge >= 0.3 is 6.03 Å². The molecule has 3 nitrogen and oxygen atoms in total. The zero-order valence-corrected chi connectivity index (χ0v) is 19.3. The van der Waals surface area contributed by atoms with E-state index in [4.69, 9.17) is 0 Å². The lowest BCUT2D eigenvalue weighted by atomic mass is 10.0. The van der Waals surface area contributed by atoms with Gasteiger partial charge in [-0.15, -0.1) is 0 Å². The van der Waals surface area contributed by atoms with Gasteiger partial charge in [0.05, 0.1) is 0 Å². The number of hydrogen-bond acceptors (Lipinski definition) is 1. The fourth-order valence-corrected chi connectivity index (χ4v) is 3.91. The van der Waals surface area contributed by atoms with E-state index in [2.05, 4.69) is 12.2 Å². The Bertz CT molecular complexity index is 489. The molecule has 0 heterocycles. The zero-order chi connectivity index (χ0) is 21.0. The van der Waals surface area contributed by atoms with Crippen LogP contribution in [0.4, 0.5) is 10.5 Å². The maximum Gasteiger partial charge on any atom is 0.321 e. The van der Waals surface area contributed by atoms with Crippen LogP contribution in [0.5, 0.6) is 0 Å². The summed E-state index contributed by atoms with van der Waals surface area (Å²) in [4.78, 5) is 14.0. The van der Waals surface area contributed by atoms with E-state index in [1.54, 1.807) is 7.05 Å². The fourth-order valence-electron chi connectivity index (χ4n) is 3.91. The average Bonchev–Trinajstić information content (AvgIpc) is 2.76. The minimum absolute atomic E-state index is 0.0165. The molecule has 0 unspecified atom stereocenters. The first-order chi connectivity index (χ1) is 14.3. The Morgan fingerprint density at radius 1 is 0.690 bits per heavy atom. The Hall–Kier alpha value is -1.51. The van der Waals surface area contributed by atoms with Crippen LogP contribution in [0.25, 0.3) is 0 Å². The van der Waals surface area contributed by atoms with Crippen molar-refractivity contribution < 1.29 is 4.79 Å². The molecule has 0 aromatic heterocycles. The first kappa shape index (κ1) is 25.5. The number of anilines is 1. The zero-order valence-electron chi connectivity index (χ0n) is 19.3. The molecule has 1 N–H and O–H groups in total. The smallest absolute Gasteiger partial charge is 0.321 e. The van der Waals surface area contributed by atoms with Crippen LogP contribution in [-0.2, 0) is 0 Å². The number of benzene rings is 1. The third kappa shape index (κ3) is 13.4. The van der Waals surface area contributed by atoms with Gasteiger partial charge in [-0.05, 0) is 18.6 Å². The van der Waals surface area contributed by atoms with Gasteiger partial charge in [-0.1, -0.05) is 121 Å². The molecule has 0 bridgehead atoms. The van der Waals surface area contributed by atoms with E-state index < -0.39 is 0 Å². The van der Waals surface area contributed by atoms with Crippen LogP contribution < -0.4 is 10.2 Å². The third-order valence-electron chi connectivity index (χ3n) is 5.76. The molecular weight excluding hydrogens is 356 g/mol. The molecule has 0 saturated carbocycles. The second-order valence-corrected chi connectivity index (χ2v) is 8.35. The summed E-state index contributed by atoms with van der Waals surface area (Å²) in [6.45, 7) is 3.08. The first-order valence-corrected chi connectivity index (χ1v) is 12.3. The third-order valence-corrected chi connectivity index (χ3v) is 5.76. The molecule has 1 aromatic carbocycles. The first-order valence-electron chi connectivity index (χ1n) is 12.3. The molecule has 0 saturated heterocycles. The molecule has 29 heavy (non-hydrogen) atoms. The van der Waals surface area contributed by atoms with Gasteiger partial charge in [0.15, 0.2) is 0 Å². The Morgan fingerprint density at radius 3 is 1.52 bits per heavy atom. The number of carbonyl (C=O) groups excluding carboxylic acids is 1.